The van der Waals surface area contributed by atoms with Crippen LogP contribution in [0.5, 0.6) is 0 Å². The number of carbonyl (C=O) groups is 1. The van der Waals surface area contributed by atoms with Crippen molar-refractivity contribution in [2.24, 2.45) is 0 Å². The summed E-state index contributed by atoms with van der Waals surface area (Å²) in [6, 6.07) is 0. The van der Waals surface area contributed by atoms with Crippen LogP contribution in [0.4, 0.5) is 10.6 Å². The fourth-order valence-corrected chi connectivity index (χ4v) is 1.68. The molecule has 0 radical (unpaired) electrons. The molecule has 0 aliphatic heterocycles. The van der Waals surface area contributed by atoms with Crippen molar-refractivity contribution in [1.82, 2.24) is 9.78 Å². The van der Waals surface area contributed by atoms with Crippen LogP contribution in [0, 0.1) is 0 Å². The normalized spacial score (nSPS) is 12.4. The van der Waals surface area contributed by atoms with Gasteiger partial charge in [-0.3, -0.25) is 0 Å². The van der Waals surface area contributed by atoms with Crippen molar-refractivity contribution < 1.29 is 9.53 Å². The van der Waals surface area contributed by atoms with Crippen molar-refractivity contribution in [2.45, 2.75) is 33.3 Å². The lowest BCUT2D eigenvalue weighted by Gasteiger charge is -2.19. The molecule has 5 nitrogen and oxygen atoms in total. The summed E-state index contributed by atoms with van der Waals surface area (Å²) in [5.74, 6) is 0.250. The molecule has 0 amide bonds. The minimum absolute atomic E-state index is 0.250. The maximum atomic E-state index is 12.0. The molecule has 1 aromatic rings. The van der Waals surface area contributed by atoms with Gasteiger partial charge in [-0.15, -0.1) is 5.10 Å². The lowest BCUT2D eigenvalue weighted by atomic mass is 10.2. The lowest BCUT2D eigenvalue weighted by molar-refractivity contribution is 0.0514. The largest absolute Gasteiger partial charge is 0.442 e. The fourth-order valence-electron chi connectivity index (χ4n) is 1.45. The van der Waals surface area contributed by atoms with Crippen LogP contribution >= 0.6 is 15.9 Å². The Morgan fingerprint density at radius 2 is 2.11 bits per heavy atom. The van der Waals surface area contributed by atoms with E-state index in [4.69, 9.17) is 10.5 Å². The minimum Gasteiger partial charge on any atom is -0.442 e. The van der Waals surface area contributed by atoms with Gasteiger partial charge in [0.2, 0.25) is 0 Å². The maximum Gasteiger partial charge on any atom is 0.435 e. The molecule has 0 spiro atoms. The van der Waals surface area contributed by atoms with Gasteiger partial charge in [-0.2, -0.15) is 4.68 Å². The summed E-state index contributed by atoms with van der Waals surface area (Å²) < 4.78 is 7.25. The van der Waals surface area contributed by atoms with E-state index in [0.717, 1.165) is 9.16 Å². The van der Waals surface area contributed by atoms with Crippen LogP contribution in [-0.2, 0) is 4.74 Å². The molecule has 2 N–H and O–H groups in total. The number of anilines is 1. The minimum atomic E-state index is -0.600. The highest BCUT2D eigenvalue weighted by Gasteiger charge is 2.22. The van der Waals surface area contributed by atoms with Gasteiger partial charge in [0, 0.05) is 5.56 Å². The van der Waals surface area contributed by atoms with E-state index in [9.17, 15) is 4.79 Å². The first kappa shape index (κ1) is 15.5. The topological polar surface area (TPSA) is 70.1 Å². The average molecular weight is 328 g/mol. The molecule has 0 unspecified atom stereocenters. The molecule has 1 aromatic heterocycles. The quantitative estimate of drug-likeness (QED) is 0.900. The molecule has 0 atom stereocenters. The van der Waals surface area contributed by atoms with Crippen LogP contribution in [0.1, 0.15) is 39.0 Å². The lowest BCUT2D eigenvalue weighted by Crippen LogP contribution is -2.28. The summed E-state index contributed by atoms with van der Waals surface area (Å²) in [4.78, 5) is 12.0. The predicted octanol–water partition coefficient (Wildman–Crippen LogP) is 3.65. The smallest absolute Gasteiger partial charge is 0.435 e. The van der Waals surface area contributed by atoms with Gasteiger partial charge in [-0.05, 0) is 44.3 Å². The van der Waals surface area contributed by atoms with Crippen molar-refractivity contribution in [1.29, 1.82) is 0 Å². The van der Waals surface area contributed by atoms with Crippen LogP contribution in [-0.4, -0.2) is 21.5 Å². The molecule has 104 valence electrons. The predicted molar refractivity (Wildman–Crippen MR) is 80.9 cm³/mol. The first-order chi connectivity index (χ1) is 8.65. The maximum absolute atomic E-state index is 12.0. The Balaban J connectivity index is 3.27. The first-order valence-electron chi connectivity index (χ1n) is 5.74. The van der Waals surface area contributed by atoms with E-state index in [1.54, 1.807) is 26.8 Å². The van der Waals surface area contributed by atoms with Gasteiger partial charge >= 0.3 is 6.09 Å². The molecule has 0 aliphatic carbocycles. The third-order valence-electron chi connectivity index (χ3n) is 2.09. The third-order valence-corrected chi connectivity index (χ3v) is 2.32. The van der Waals surface area contributed by atoms with Crippen molar-refractivity contribution in [2.75, 3.05) is 5.73 Å². The van der Waals surface area contributed by atoms with Crippen molar-refractivity contribution in [3.05, 3.63) is 22.3 Å². The number of hydrogen-bond donors (Lipinski definition) is 1. The molecule has 0 saturated heterocycles. The van der Waals surface area contributed by atoms with Crippen LogP contribution < -0.4 is 5.73 Å². The van der Waals surface area contributed by atoms with Crippen molar-refractivity contribution >= 4 is 40.0 Å². The van der Waals surface area contributed by atoms with Crippen LogP contribution in [0.15, 0.2) is 11.1 Å². The molecule has 1 heterocycles. The molecule has 0 fully saturated rings. The summed E-state index contributed by atoms with van der Waals surface area (Å²) in [7, 11) is 0. The van der Waals surface area contributed by atoms with Crippen molar-refractivity contribution in [3.8, 4) is 0 Å². The first-order valence-corrected chi connectivity index (χ1v) is 6.53. The fraction of sp³-hybridized carbons (Fsp3) is 0.385. The van der Waals surface area contributed by atoms with E-state index in [1.165, 1.54) is 6.08 Å². The zero-order valence-corrected chi connectivity index (χ0v) is 13.1. The SMILES string of the molecule is C=Cc1c(/C=C(\C)Br)c(N)nn1C(=O)OC(C)(C)C. The number of nitrogens with zero attached hydrogens (tertiary/aromatic N) is 2. The van der Waals surface area contributed by atoms with Gasteiger partial charge in [-0.1, -0.05) is 22.5 Å². The number of halogens is 1. The van der Waals surface area contributed by atoms with Crippen LogP contribution in [0.3, 0.4) is 0 Å². The number of hydrogen-bond acceptors (Lipinski definition) is 4. The third kappa shape index (κ3) is 3.96. The van der Waals surface area contributed by atoms with E-state index in [0.29, 0.717) is 11.3 Å². The Morgan fingerprint density at radius 1 is 1.53 bits per heavy atom. The second kappa shape index (κ2) is 5.61. The molecule has 0 aromatic carbocycles. The van der Waals surface area contributed by atoms with E-state index in [1.807, 2.05) is 6.92 Å². The van der Waals surface area contributed by atoms with E-state index in [-0.39, 0.29) is 5.82 Å². The zero-order valence-electron chi connectivity index (χ0n) is 11.5. The highest BCUT2D eigenvalue weighted by atomic mass is 79.9. The average Bonchev–Trinajstić information content (AvgIpc) is 2.53. The number of aromatic nitrogens is 2. The number of ether oxygens (including phenoxy) is 1. The second-order valence-corrected chi connectivity index (χ2v) is 6.26. The second-order valence-electron chi connectivity index (χ2n) is 5.01. The van der Waals surface area contributed by atoms with E-state index < -0.39 is 11.7 Å². The summed E-state index contributed by atoms with van der Waals surface area (Å²) in [6.45, 7) is 10.9. The van der Waals surface area contributed by atoms with Crippen LogP contribution in [0.25, 0.3) is 12.2 Å². The number of rotatable bonds is 2. The molecule has 0 aliphatic rings. The molecule has 6 heteroatoms. The monoisotopic (exact) mass is 327 g/mol. The molecule has 19 heavy (non-hydrogen) atoms. The van der Waals surface area contributed by atoms with Gasteiger partial charge in [0.25, 0.3) is 0 Å². The number of nitrogen functional groups attached to an aromatic ring is 1. The highest BCUT2D eigenvalue weighted by molar-refractivity contribution is 9.11. The number of allylic oxidation sites excluding steroid dienone is 1. The zero-order chi connectivity index (χ0) is 14.8. The van der Waals surface area contributed by atoms with Gasteiger partial charge < -0.3 is 10.5 Å². The standard InChI is InChI=1S/C13H18BrN3O2/c1-6-10-9(7-8(2)14)11(15)16-17(10)12(18)19-13(3,4)5/h6-7H,1H2,2-5H3,(H2,15,16)/b8-7+. The Hall–Kier alpha value is -1.56. The summed E-state index contributed by atoms with van der Waals surface area (Å²) >= 11 is 3.32. The van der Waals surface area contributed by atoms with Gasteiger partial charge in [0.1, 0.15) is 5.60 Å². The number of nitrogens with two attached hydrogens (primary N) is 1. The molecular formula is C13H18BrN3O2. The summed E-state index contributed by atoms with van der Waals surface area (Å²) in [5.41, 5.74) is 6.35. The van der Waals surface area contributed by atoms with Gasteiger partial charge in [0.15, 0.2) is 5.82 Å². The Morgan fingerprint density at radius 3 is 2.53 bits per heavy atom. The Labute approximate surface area is 121 Å². The molecule has 0 saturated carbocycles. The molecular weight excluding hydrogens is 310 g/mol. The summed E-state index contributed by atoms with van der Waals surface area (Å²) in [6.07, 6.45) is 2.72. The number of carbonyl (C=O) groups excluding carboxylic acids is 1. The van der Waals surface area contributed by atoms with E-state index in [2.05, 4.69) is 27.6 Å². The molecule has 1 rings (SSSR count). The van der Waals surface area contributed by atoms with Crippen molar-refractivity contribution in [3.63, 3.8) is 0 Å². The Kier molecular flexibility index (Phi) is 4.57. The summed E-state index contributed by atoms with van der Waals surface area (Å²) in [5, 5.41) is 4.00. The molecule has 0 bridgehead atoms. The van der Waals surface area contributed by atoms with Crippen LogP contribution in [0.2, 0.25) is 0 Å². The van der Waals surface area contributed by atoms with Gasteiger partial charge in [0.05, 0.1) is 5.69 Å². The Bertz CT molecular complexity index is 535. The highest BCUT2D eigenvalue weighted by Crippen LogP contribution is 2.23. The van der Waals surface area contributed by atoms with E-state index >= 15 is 0 Å². The van der Waals surface area contributed by atoms with Gasteiger partial charge in [-0.25, -0.2) is 4.79 Å².